The van der Waals surface area contributed by atoms with E-state index < -0.39 is 0 Å². The minimum absolute atomic E-state index is 0.174. The third-order valence-corrected chi connectivity index (χ3v) is 5.16. The Labute approximate surface area is 136 Å². The molecule has 2 aromatic rings. The lowest BCUT2D eigenvalue weighted by molar-refractivity contribution is 0.319. The number of aryl methyl sites for hydroxylation is 1. The zero-order chi connectivity index (χ0) is 15.5. The number of thiophene rings is 2. The molecule has 21 heavy (non-hydrogen) atoms. The summed E-state index contributed by atoms with van der Waals surface area (Å²) in [7, 11) is 2.20. The van der Waals surface area contributed by atoms with Gasteiger partial charge in [-0.1, -0.05) is 0 Å². The first-order valence-corrected chi connectivity index (χ1v) is 9.12. The third-order valence-electron chi connectivity index (χ3n) is 3.34. The highest BCUT2D eigenvalue weighted by Crippen LogP contribution is 2.24. The molecule has 2 aromatic heterocycles. The van der Waals surface area contributed by atoms with Gasteiger partial charge in [-0.25, -0.2) is 0 Å². The fourth-order valence-corrected chi connectivity index (χ4v) is 3.88. The molecule has 0 aliphatic heterocycles. The summed E-state index contributed by atoms with van der Waals surface area (Å²) >= 11 is 3.69. The highest BCUT2D eigenvalue weighted by atomic mass is 32.1. The van der Waals surface area contributed by atoms with Gasteiger partial charge in [0.05, 0.1) is 0 Å². The number of hydrogen-bond donors (Lipinski definition) is 1. The second-order valence-corrected chi connectivity index (χ2v) is 8.82. The topological polar surface area (TPSA) is 15.3 Å². The standard InChI is InChI=1S/C17H26N2S2/c1-13-15(8-16(21-13)9-18-17(2,3)4)11-19(5)10-14-6-7-20-12-14/h6-8,12,18H,9-11H2,1-5H3. The van der Waals surface area contributed by atoms with Crippen molar-refractivity contribution in [2.75, 3.05) is 7.05 Å². The molecule has 0 atom stereocenters. The molecule has 0 saturated heterocycles. The molecule has 0 spiro atoms. The van der Waals surface area contributed by atoms with Gasteiger partial charge in [0.25, 0.3) is 0 Å². The normalized spacial score (nSPS) is 12.3. The summed E-state index contributed by atoms with van der Waals surface area (Å²) in [5.41, 5.74) is 3.04. The molecule has 2 heterocycles. The highest BCUT2D eigenvalue weighted by Gasteiger charge is 2.12. The monoisotopic (exact) mass is 322 g/mol. The summed E-state index contributed by atoms with van der Waals surface area (Å²) in [6.45, 7) is 11.9. The smallest absolute Gasteiger partial charge is 0.0304 e. The van der Waals surface area contributed by atoms with Crippen LogP contribution in [0.4, 0.5) is 0 Å². The van der Waals surface area contributed by atoms with Gasteiger partial charge in [-0.15, -0.1) is 11.3 Å². The summed E-state index contributed by atoms with van der Waals surface area (Å²) in [4.78, 5) is 5.26. The van der Waals surface area contributed by atoms with Crippen molar-refractivity contribution in [2.24, 2.45) is 0 Å². The van der Waals surface area contributed by atoms with Gasteiger partial charge in [-0.2, -0.15) is 11.3 Å². The summed E-state index contributed by atoms with van der Waals surface area (Å²) < 4.78 is 0. The lowest BCUT2D eigenvalue weighted by atomic mass is 10.1. The Morgan fingerprint density at radius 1 is 1.24 bits per heavy atom. The van der Waals surface area contributed by atoms with E-state index in [9.17, 15) is 0 Å². The van der Waals surface area contributed by atoms with E-state index in [4.69, 9.17) is 0 Å². The molecule has 2 rings (SSSR count). The minimum atomic E-state index is 0.174. The first kappa shape index (κ1) is 16.7. The Balaban J connectivity index is 1.92. The summed E-state index contributed by atoms with van der Waals surface area (Å²) in [6.07, 6.45) is 0. The molecule has 0 aliphatic carbocycles. The fraction of sp³-hybridized carbons (Fsp3) is 0.529. The van der Waals surface area contributed by atoms with Gasteiger partial charge in [0.2, 0.25) is 0 Å². The lowest BCUT2D eigenvalue weighted by Crippen LogP contribution is -2.34. The predicted octanol–water partition coefficient (Wildman–Crippen LogP) is 4.64. The molecule has 1 N–H and O–H groups in total. The number of nitrogens with zero attached hydrogens (tertiary/aromatic N) is 1. The maximum atomic E-state index is 3.57. The van der Waals surface area contributed by atoms with Gasteiger partial charge in [0, 0.05) is 34.9 Å². The largest absolute Gasteiger partial charge is 0.307 e. The van der Waals surface area contributed by atoms with E-state index in [0.717, 1.165) is 19.6 Å². The van der Waals surface area contributed by atoms with Crippen LogP contribution in [0.1, 0.15) is 41.7 Å². The first-order valence-electron chi connectivity index (χ1n) is 7.36. The average Bonchev–Trinajstić information content (AvgIpc) is 2.97. The average molecular weight is 323 g/mol. The van der Waals surface area contributed by atoms with Crippen LogP contribution in [0.5, 0.6) is 0 Å². The molecule has 116 valence electrons. The van der Waals surface area contributed by atoms with Crippen molar-refractivity contribution in [3.63, 3.8) is 0 Å². The van der Waals surface area contributed by atoms with E-state index in [0.29, 0.717) is 0 Å². The van der Waals surface area contributed by atoms with E-state index in [1.54, 1.807) is 11.3 Å². The van der Waals surface area contributed by atoms with Gasteiger partial charge in [-0.05, 0) is 68.8 Å². The van der Waals surface area contributed by atoms with Gasteiger partial charge >= 0.3 is 0 Å². The van der Waals surface area contributed by atoms with Crippen LogP contribution in [0.25, 0.3) is 0 Å². The van der Waals surface area contributed by atoms with Crippen LogP contribution >= 0.6 is 22.7 Å². The van der Waals surface area contributed by atoms with Crippen molar-refractivity contribution in [3.05, 3.63) is 43.8 Å². The second kappa shape index (κ2) is 7.05. The predicted molar refractivity (Wildman–Crippen MR) is 95.1 cm³/mol. The van der Waals surface area contributed by atoms with Crippen molar-refractivity contribution in [3.8, 4) is 0 Å². The van der Waals surface area contributed by atoms with Gasteiger partial charge < -0.3 is 5.32 Å². The van der Waals surface area contributed by atoms with E-state index in [2.05, 4.69) is 67.9 Å². The zero-order valence-electron chi connectivity index (χ0n) is 13.7. The minimum Gasteiger partial charge on any atom is -0.307 e. The molecular formula is C17H26N2S2. The Bertz CT molecular complexity index is 550. The Kier molecular flexibility index (Phi) is 5.60. The molecule has 0 aromatic carbocycles. The molecule has 0 amide bonds. The van der Waals surface area contributed by atoms with Crippen molar-refractivity contribution in [1.82, 2.24) is 10.2 Å². The van der Waals surface area contributed by atoms with E-state index in [1.807, 2.05) is 11.3 Å². The van der Waals surface area contributed by atoms with Crippen LogP contribution in [0.15, 0.2) is 22.9 Å². The van der Waals surface area contributed by atoms with Gasteiger partial charge in [0.15, 0.2) is 0 Å². The van der Waals surface area contributed by atoms with E-state index >= 15 is 0 Å². The molecule has 0 fully saturated rings. The van der Waals surface area contributed by atoms with Crippen molar-refractivity contribution in [1.29, 1.82) is 0 Å². The quantitative estimate of drug-likeness (QED) is 0.833. The van der Waals surface area contributed by atoms with E-state index in [-0.39, 0.29) is 5.54 Å². The molecule has 0 saturated carbocycles. The molecule has 4 heteroatoms. The summed E-state index contributed by atoms with van der Waals surface area (Å²) in [6, 6.07) is 4.57. The second-order valence-electron chi connectivity index (χ2n) is 6.70. The highest BCUT2D eigenvalue weighted by molar-refractivity contribution is 7.12. The molecule has 0 unspecified atom stereocenters. The molecule has 2 nitrogen and oxygen atoms in total. The number of hydrogen-bond acceptors (Lipinski definition) is 4. The van der Waals surface area contributed by atoms with Gasteiger partial charge in [0.1, 0.15) is 0 Å². The molecule has 0 aliphatic rings. The Morgan fingerprint density at radius 2 is 2.00 bits per heavy atom. The van der Waals surface area contributed by atoms with Crippen LogP contribution in [-0.4, -0.2) is 17.5 Å². The van der Waals surface area contributed by atoms with Crippen LogP contribution in [0.2, 0.25) is 0 Å². The maximum Gasteiger partial charge on any atom is 0.0304 e. The van der Waals surface area contributed by atoms with Crippen LogP contribution in [0.3, 0.4) is 0 Å². The molecule has 0 radical (unpaired) electrons. The molecular weight excluding hydrogens is 296 g/mol. The number of rotatable bonds is 6. The van der Waals surface area contributed by atoms with E-state index in [1.165, 1.54) is 20.9 Å². The SMILES string of the molecule is Cc1sc(CNC(C)(C)C)cc1CN(C)Cc1ccsc1. The van der Waals surface area contributed by atoms with Crippen LogP contribution in [-0.2, 0) is 19.6 Å². The Hall–Kier alpha value is -0.680. The Morgan fingerprint density at radius 3 is 2.62 bits per heavy atom. The fourth-order valence-electron chi connectivity index (χ4n) is 2.22. The van der Waals surface area contributed by atoms with Crippen molar-refractivity contribution >= 4 is 22.7 Å². The van der Waals surface area contributed by atoms with Crippen molar-refractivity contribution < 1.29 is 0 Å². The summed E-state index contributed by atoms with van der Waals surface area (Å²) in [5.74, 6) is 0. The van der Waals surface area contributed by atoms with Gasteiger partial charge in [-0.3, -0.25) is 4.90 Å². The maximum absolute atomic E-state index is 3.57. The van der Waals surface area contributed by atoms with Crippen LogP contribution in [0, 0.1) is 6.92 Å². The lowest BCUT2D eigenvalue weighted by Gasteiger charge is -2.19. The van der Waals surface area contributed by atoms with Crippen molar-refractivity contribution in [2.45, 2.75) is 52.9 Å². The van der Waals surface area contributed by atoms with Crippen LogP contribution < -0.4 is 5.32 Å². The summed E-state index contributed by atoms with van der Waals surface area (Å²) in [5, 5.41) is 7.95. The third kappa shape index (κ3) is 5.55. The zero-order valence-corrected chi connectivity index (χ0v) is 15.3. The molecule has 0 bridgehead atoms. The first-order chi connectivity index (χ1) is 9.83. The number of nitrogens with one attached hydrogen (secondary N) is 1.